The number of hydrogen-bond acceptors (Lipinski definition) is 5. The van der Waals surface area contributed by atoms with E-state index < -0.39 is 0 Å². The van der Waals surface area contributed by atoms with Crippen LogP contribution in [0.15, 0.2) is 47.6 Å². The van der Waals surface area contributed by atoms with Crippen molar-refractivity contribution in [3.8, 4) is 0 Å². The van der Waals surface area contributed by atoms with E-state index in [0.717, 1.165) is 39.3 Å². The lowest BCUT2D eigenvalue weighted by Crippen LogP contribution is -2.10. The van der Waals surface area contributed by atoms with Crippen molar-refractivity contribution >= 4 is 29.1 Å². The Labute approximate surface area is 206 Å². The van der Waals surface area contributed by atoms with Crippen molar-refractivity contribution in [3.05, 3.63) is 85.9 Å². The molecule has 1 atom stereocenters. The molecular weight excluding hydrogens is 440 g/mol. The molecule has 0 N–H and O–H groups in total. The minimum Gasteiger partial charge on any atom is -0.296 e. The predicted molar refractivity (Wildman–Crippen MR) is 140 cm³/mol. The zero-order valence-electron chi connectivity index (χ0n) is 20.3. The smallest absolute Gasteiger partial charge is 0.182 e. The first-order valence-corrected chi connectivity index (χ1v) is 12.9. The van der Waals surface area contributed by atoms with Crippen molar-refractivity contribution in [1.82, 2.24) is 4.98 Å². The Balaban J connectivity index is 1.43. The van der Waals surface area contributed by atoms with Gasteiger partial charge in [-0.1, -0.05) is 31.5 Å². The second-order valence-corrected chi connectivity index (χ2v) is 10.4. The zero-order chi connectivity index (χ0) is 24.1. The van der Waals surface area contributed by atoms with E-state index >= 15 is 0 Å². The van der Waals surface area contributed by atoms with Crippen molar-refractivity contribution in [3.63, 3.8) is 0 Å². The summed E-state index contributed by atoms with van der Waals surface area (Å²) < 4.78 is 0. The largest absolute Gasteiger partial charge is 0.296 e. The molecule has 0 amide bonds. The van der Waals surface area contributed by atoms with Gasteiger partial charge in [-0.3, -0.25) is 19.6 Å². The number of thiophene rings is 1. The second kappa shape index (κ2) is 11.0. The highest BCUT2D eigenvalue weighted by atomic mass is 32.1. The molecule has 3 aromatic rings. The van der Waals surface area contributed by atoms with E-state index in [4.69, 9.17) is 0 Å². The number of aromatic nitrogens is 1. The van der Waals surface area contributed by atoms with Crippen LogP contribution in [0.4, 0.5) is 0 Å². The summed E-state index contributed by atoms with van der Waals surface area (Å²) in [6, 6.07) is 12.4. The topological polar surface area (TPSA) is 59.4 Å². The summed E-state index contributed by atoms with van der Waals surface area (Å²) in [5.41, 5.74) is 6.19. The Kier molecular flexibility index (Phi) is 7.84. The molecule has 0 saturated heterocycles. The maximum atomic E-state index is 13.0. The number of nitrogens with zero attached hydrogens (tertiary/aromatic N) is 2. The Bertz CT molecular complexity index is 1220. The molecule has 5 heteroatoms. The summed E-state index contributed by atoms with van der Waals surface area (Å²) >= 11 is 1.51. The van der Waals surface area contributed by atoms with Crippen LogP contribution in [-0.4, -0.2) is 29.8 Å². The van der Waals surface area contributed by atoms with Crippen LogP contribution in [0.3, 0.4) is 0 Å². The molecule has 0 spiro atoms. The number of aliphatic imine (C=N–C) groups is 1. The fraction of sp³-hybridized carbons (Fsp3) is 0.379. The number of aryl methyl sites for hydroxylation is 3. The van der Waals surface area contributed by atoms with Gasteiger partial charge in [-0.05, 0) is 79.0 Å². The zero-order valence-corrected chi connectivity index (χ0v) is 21.1. The van der Waals surface area contributed by atoms with Gasteiger partial charge >= 0.3 is 0 Å². The first-order valence-electron chi connectivity index (χ1n) is 12.1. The van der Waals surface area contributed by atoms with E-state index in [1.807, 2.05) is 32.0 Å². The maximum absolute atomic E-state index is 13.0. The number of Topliss-reactive ketones (excluding diaryl/α,β-unsaturated/α-hetero) is 2. The van der Waals surface area contributed by atoms with Gasteiger partial charge in [0.05, 0.1) is 4.88 Å². The second-order valence-electron chi connectivity index (χ2n) is 9.27. The summed E-state index contributed by atoms with van der Waals surface area (Å²) in [5, 5.41) is 0. The number of benzene rings is 1. The third-order valence-corrected chi connectivity index (χ3v) is 7.99. The van der Waals surface area contributed by atoms with Crippen molar-refractivity contribution in [2.24, 2.45) is 4.99 Å². The van der Waals surface area contributed by atoms with E-state index in [-0.39, 0.29) is 17.5 Å². The standard InChI is InChI=1S/C29H32N2O2S/c1-19-13-14-31-29(24(19)18-30-3)26(33)15-20(2)27-11-12-28(34-27)25(32)17-21-9-10-22-7-5-4-6-8-23(22)16-21/h9-14,16,18,20H,4-8,15,17H2,1-3H3. The normalized spacial score (nSPS) is 14.6. The highest BCUT2D eigenvalue weighted by molar-refractivity contribution is 7.14. The molecule has 0 fully saturated rings. The third kappa shape index (κ3) is 5.58. The van der Waals surface area contributed by atoms with Gasteiger partial charge in [0, 0.05) is 42.7 Å². The minimum absolute atomic E-state index is 0.00245. The van der Waals surface area contributed by atoms with Crippen molar-refractivity contribution < 1.29 is 9.59 Å². The van der Waals surface area contributed by atoms with Crippen LogP contribution in [0.5, 0.6) is 0 Å². The summed E-state index contributed by atoms with van der Waals surface area (Å²) in [7, 11) is 1.69. The molecule has 176 valence electrons. The number of hydrogen-bond donors (Lipinski definition) is 0. The molecule has 0 aliphatic heterocycles. The molecule has 1 aliphatic carbocycles. The monoisotopic (exact) mass is 472 g/mol. The van der Waals surface area contributed by atoms with Gasteiger partial charge in [-0.25, -0.2) is 0 Å². The molecular formula is C29H32N2O2S. The van der Waals surface area contributed by atoms with Gasteiger partial charge < -0.3 is 0 Å². The molecule has 1 aromatic carbocycles. The SMILES string of the molecule is CN=Cc1c(C)ccnc1C(=O)CC(C)c1ccc(C(=O)Cc2ccc3c(c2)CCCCC3)s1. The summed E-state index contributed by atoms with van der Waals surface area (Å²) in [6.07, 6.45) is 10.2. The maximum Gasteiger partial charge on any atom is 0.182 e. The molecule has 1 unspecified atom stereocenters. The van der Waals surface area contributed by atoms with Crippen LogP contribution in [0.1, 0.15) is 91.4 Å². The summed E-state index contributed by atoms with van der Waals surface area (Å²) in [5.74, 6) is 0.155. The average Bonchev–Trinajstić information content (AvgIpc) is 3.21. The molecule has 2 aromatic heterocycles. The molecule has 0 saturated carbocycles. The number of fused-ring (bicyclic) bond motifs is 1. The summed E-state index contributed by atoms with van der Waals surface area (Å²) in [6.45, 7) is 3.99. The highest BCUT2D eigenvalue weighted by Gasteiger charge is 2.20. The van der Waals surface area contributed by atoms with Crippen LogP contribution in [0.25, 0.3) is 0 Å². The van der Waals surface area contributed by atoms with Gasteiger partial charge in [-0.2, -0.15) is 0 Å². The van der Waals surface area contributed by atoms with E-state index in [2.05, 4.69) is 28.2 Å². The molecule has 2 heterocycles. The van der Waals surface area contributed by atoms with Gasteiger partial charge in [0.2, 0.25) is 0 Å². The third-order valence-electron chi connectivity index (χ3n) is 6.64. The minimum atomic E-state index is -0.00245. The molecule has 4 rings (SSSR count). The Hall–Kier alpha value is -2.92. The summed E-state index contributed by atoms with van der Waals surface area (Å²) in [4.78, 5) is 36.2. The van der Waals surface area contributed by atoms with Crippen LogP contribution in [0, 0.1) is 6.92 Å². The van der Waals surface area contributed by atoms with E-state index in [0.29, 0.717) is 18.5 Å². The van der Waals surface area contributed by atoms with E-state index in [1.54, 1.807) is 19.5 Å². The Morgan fingerprint density at radius 1 is 1.06 bits per heavy atom. The number of carbonyl (C=O) groups is 2. The highest BCUT2D eigenvalue weighted by Crippen LogP contribution is 2.30. The van der Waals surface area contributed by atoms with Crippen LogP contribution < -0.4 is 0 Å². The van der Waals surface area contributed by atoms with Gasteiger partial charge in [-0.15, -0.1) is 11.3 Å². The fourth-order valence-corrected chi connectivity index (χ4v) is 5.67. The number of pyridine rings is 1. The number of ketones is 2. The van der Waals surface area contributed by atoms with Crippen molar-refractivity contribution in [2.45, 2.75) is 64.7 Å². The van der Waals surface area contributed by atoms with Crippen LogP contribution >= 0.6 is 11.3 Å². The first kappa shape index (κ1) is 24.2. The van der Waals surface area contributed by atoms with Gasteiger partial charge in [0.15, 0.2) is 11.6 Å². The molecule has 1 aliphatic rings. The Morgan fingerprint density at radius 2 is 1.85 bits per heavy atom. The number of carbonyl (C=O) groups excluding carboxylic acids is 2. The first-order chi connectivity index (χ1) is 16.5. The van der Waals surface area contributed by atoms with E-state index in [9.17, 15) is 9.59 Å². The number of rotatable bonds is 8. The van der Waals surface area contributed by atoms with Gasteiger partial charge in [0.25, 0.3) is 0 Å². The lowest BCUT2D eigenvalue weighted by atomic mass is 9.97. The van der Waals surface area contributed by atoms with Crippen molar-refractivity contribution in [2.75, 3.05) is 7.05 Å². The predicted octanol–water partition coefficient (Wildman–Crippen LogP) is 6.57. The molecule has 0 bridgehead atoms. The van der Waals surface area contributed by atoms with Gasteiger partial charge in [0.1, 0.15) is 5.69 Å². The molecule has 0 radical (unpaired) electrons. The lowest BCUT2D eigenvalue weighted by molar-refractivity contribution is 0.0969. The quantitative estimate of drug-likeness (QED) is 0.212. The lowest BCUT2D eigenvalue weighted by Gasteiger charge is -2.11. The fourth-order valence-electron chi connectivity index (χ4n) is 4.67. The molecule has 34 heavy (non-hydrogen) atoms. The molecule has 4 nitrogen and oxygen atoms in total. The van der Waals surface area contributed by atoms with Crippen LogP contribution in [0.2, 0.25) is 0 Å². The van der Waals surface area contributed by atoms with E-state index in [1.165, 1.54) is 41.7 Å². The van der Waals surface area contributed by atoms with Crippen molar-refractivity contribution in [1.29, 1.82) is 0 Å². The van der Waals surface area contributed by atoms with Crippen LogP contribution in [-0.2, 0) is 19.3 Å². The average molecular weight is 473 g/mol. The Morgan fingerprint density at radius 3 is 2.65 bits per heavy atom.